The standard InChI is InChI=1S/C29H26N4O5S/c1-20-8-14-23(15-9-20)31-28(22-12-16-24(38-3)17-13-22)30-32(39(36,37)25-18-10-21(2)11-19-25)29(31)26-6-4-5-7-27(26)33(34)35/h4-19,29H,1-3H3. The maximum atomic E-state index is 14.1. The Labute approximate surface area is 226 Å². The Morgan fingerprint density at radius 1 is 0.846 bits per heavy atom. The molecule has 0 fully saturated rings. The monoisotopic (exact) mass is 542 g/mol. The number of benzene rings is 4. The maximum absolute atomic E-state index is 14.1. The Balaban J connectivity index is 1.79. The van der Waals surface area contributed by atoms with E-state index in [1.807, 2.05) is 38.1 Å². The Hall–Kier alpha value is -4.70. The minimum absolute atomic E-state index is 0.0280. The van der Waals surface area contributed by atoms with Crippen molar-refractivity contribution in [2.24, 2.45) is 5.10 Å². The van der Waals surface area contributed by atoms with Gasteiger partial charge in [0, 0.05) is 17.3 Å². The van der Waals surface area contributed by atoms with Crippen molar-refractivity contribution < 1.29 is 18.1 Å². The molecule has 0 N–H and O–H groups in total. The third-order valence-corrected chi connectivity index (χ3v) is 8.15. The highest BCUT2D eigenvalue weighted by atomic mass is 32.2. The third kappa shape index (κ3) is 4.82. The molecule has 0 saturated carbocycles. The molecular formula is C29H26N4O5S. The van der Waals surface area contributed by atoms with Crippen LogP contribution in [0.5, 0.6) is 5.75 Å². The summed E-state index contributed by atoms with van der Waals surface area (Å²) in [6, 6.07) is 27.1. The maximum Gasteiger partial charge on any atom is 0.281 e. The number of amidine groups is 1. The number of hydrogen-bond acceptors (Lipinski definition) is 7. The summed E-state index contributed by atoms with van der Waals surface area (Å²) in [5.74, 6) is 0.943. The Kier molecular flexibility index (Phi) is 6.80. The van der Waals surface area contributed by atoms with Crippen LogP contribution in [0.2, 0.25) is 0 Å². The quantitative estimate of drug-likeness (QED) is 0.216. The van der Waals surface area contributed by atoms with Gasteiger partial charge in [-0.1, -0.05) is 47.5 Å². The molecule has 0 bridgehead atoms. The molecule has 1 atom stereocenters. The van der Waals surface area contributed by atoms with Crippen molar-refractivity contribution >= 4 is 27.2 Å². The largest absolute Gasteiger partial charge is 0.497 e. The van der Waals surface area contributed by atoms with Crippen molar-refractivity contribution in [1.29, 1.82) is 0 Å². The van der Waals surface area contributed by atoms with Gasteiger partial charge in [-0.25, -0.2) is 0 Å². The van der Waals surface area contributed by atoms with Crippen molar-refractivity contribution in [3.63, 3.8) is 0 Å². The van der Waals surface area contributed by atoms with Gasteiger partial charge in [-0.05, 0) is 68.4 Å². The second-order valence-corrected chi connectivity index (χ2v) is 10.9. The van der Waals surface area contributed by atoms with Crippen LogP contribution in [-0.4, -0.2) is 30.7 Å². The predicted octanol–water partition coefficient (Wildman–Crippen LogP) is 5.79. The normalized spacial score (nSPS) is 15.3. The first kappa shape index (κ1) is 25.9. The molecule has 198 valence electrons. The van der Waals surface area contributed by atoms with Crippen LogP contribution in [0.15, 0.2) is 107 Å². The molecule has 1 heterocycles. The topological polar surface area (TPSA) is 105 Å². The molecule has 1 aliphatic heterocycles. The van der Waals surface area contributed by atoms with Crippen LogP contribution in [0.4, 0.5) is 11.4 Å². The minimum Gasteiger partial charge on any atom is -0.497 e. The van der Waals surface area contributed by atoms with Crippen LogP contribution < -0.4 is 9.64 Å². The Morgan fingerprint density at radius 2 is 1.44 bits per heavy atom. The summed E-state index contributed by atoms with van der Waals surface area (Å²) < 4.78 is 34.5. The number of nitro benzene ring substituents is 1. The highest BCUT2D eigenvalue weighted by Gasteiger charge is 2.46. The zero-order valence-corrected chi connectivity index (χ0v) is 22.4. The average Bonchev–Trinajstić information content (AvgIpc) is 3.35. The van der Waals surface area contributed by atoms with E-state index in [0.29, 0.717) is 22.8 Å². The number of hydrazone groups is 1. The number of anilines is 1. The van der Waals surface area contributed by atoms with E-state index in [0.717, 1.165) is 15.5 Å². The van der Waals surface area contributed by atoms with E-state index in [2.05, 4.69) is 5.10 Å². The van der Waals surface area contributed by atoms with Crippen molar-refractivity contribution in [3.8, 4) is 5.75 Å². The summed E-state index contributed by atoms with van der Waals surface area (Å²) in [4.78, 5) is 13.4. The number of nitro groups is 1. The first-order valence-corrected chi connectivity index (χ1v) is 13.6. The van der Waals surface area contributed by atoms with Crippen LogP contribution in [-0.2, 0) is 10.0 Å². The van der Waals surface area contributed by atoms with E-state index >= 15 is 0 Å². The molecule has 4 aromatic rings. The second kappa shape index (κ2) is 10.2. The highest BCUT2D eigenvalue weighted by Crippen LogP contribution is 2.43. The third-order valence-electron chi connectivity index (χ3n) is 6.51. The van der Waals surface area contributed by atoms with Gasteiger partial charge in [0.2, 0.25) is 0 Å². The number of aryl methyl sites for hydroxylation is 2. The molecule has 5 rings (SSSR count). The molecule has 0 radical (unpaired) electrons. The summed E-state index contributed by atoms with van der Waals surface area (Å²) in [7, 11) is -2.68. The molecule has 0 amide bonds. The molecule has 0 aliphatic carbocycles. The number of hydrogen-bond donors (Lipinski definition) is 0. The number of rotatable bonds is 7. The van der Waals surface area contributed by atoms with Gasteiger partial charge in [0.05, 0.1) is 22.5 Å². The molecule has 0 saturated heterocycles. The highest BCUT2D eigenvalue weighted by molar-refractivity contribution is 7.89. The van der Waals surface area contributed by atoms with E-state index in [-0.39, 0.29) is 16.1 Å². The number of ether oxygens (including phenoxy) is 1. The smallest absolute Gasteiger partial charge is 0.281 e. The lowest BCUT2D eigenvalue weighted by Crippen LogP contribution is -2.38. The lowest BCUT2D eigenvalue weighted by molar-refractivity contribution is -0.385. The minimum atomic E-state index is -4.24. The van der Waals surface area contributed by atoms with Gasteiger partial charge in [0.25, 0.3) is 15.7 Å². The van der Waals surface area contributed by atoms with E-state index in [9.17, 15) is 18.5 Å². The van der Waals surface area contributed by atoms with Gasteiger partial charge in [0.15, 0.2) is 12.0 Å². The van der Waals surface area contributed by atoms with E-state index in [4.69, 9.17) is 4.74 Å². The lowest BCUT2D eigenvalue weighted by atomic mass is 10.1. The summed E-state index contributed by atoms with van der Waals surface area (Å²) in [5, 5.41) is 16.8. The predicted molar refractivity (Wildman–Crippen MR) is 149 cm³/mol. The Morgan fingerprint density at radius 3 is 2.03 bits per heavy atom. The molecule has 1 unspecified atom stereocenters. The first-order chi connectivity index (χ1) is 18.7. The van der Waals surface area contributed by atoms with Crippen LogP contribution in [0.25, 0.3) is 0 Å². The number of para-hydroxylation sites is 1. The van der Waals surface area contributed by atoms with Crippen LogP contribution in [0.3, 0.4) is 0 Å². The van der Waals surface area contributed by atoms with Gasteiger partial charge in [0.1, 0.15) is 5.75 Å². The number of methoxy groups -OCH3 is 1. The van der Waals surface area contributed by atoms with Crippen LogP contribution in [0, 0.1) is 24.0 Å². The Bertz CT molecular complexity index is 1650. The second-order valence-electron chi connectivity index (χ2n) is 9.14. The van der Waals surface area contributed by atoms with Crippen molar-refractivity contribution in [1.82, 2.24) is 4.41 Å². The van der Waals surface area contributed by atoms with Gasteiger partial charge in [-0.2, -0.15) is 12.8 Å². The molecule has 1 aliphatic rings. The zero-order valence-electron chi connectivity index (χ0n) is 21.6. The zero-order chi connectivity index (χ0) is 27.7. The number of sulfonamides is 1. The van der Waals surface area contributed by atoms with Crippen molar-refractivity contribution in [2.45, 2.75) is 24.9 Å². The summed E-state index contributed by atoms with van der Waals surface area (Å²) in [6.45, 7) is 3.81. The van der Waals surface area contributed by atoms with E-state index < -0.39 is 21.1 Å². The lowest BCUT2D eigenvalue weighted by Gasteiger charge is -2.31. The molecule has 4 aromatic carbocycles. The van der Waals surface area contributed by atoms with Crippen molar-refractivity contribution in [3.05, 3.63) is 129 Å². The van der Waals surface area contributed by atoms with Crippen LogP contribution >= 0.6 is 0 Å². The molecule has 39 heavy (non-hydrogen) atoms. The van der Waals surface area contributed by atoms with Gasteiger partial charge in [-0.15, -0.1) is 5.10 Å². The molecule has 0 spiro atoms. The van der Waals surface area contributed by atoms with Gasteiger partial charge < -0.3 is 4.74 Å². The van der Waals surface area contributed by atoms with E-state index in [1.165, 1.54) is 18.2 Å². The average molecular weight is 543 g/mol. The van der Waals surface area contributed by atoms with Gasteiger partial charge in [-0.3, -0.25) is 15.0 Å². The fraction of sp³-hybridized carbons (Fsp3) is 0.138. The SMILES string of the molecule is COc1ccc(C2=NN(S(=O)(=O)c3ccc(C)cc3)C(c3ccccc3[N+](=O)[O-])N2c2ccc(C)cc2)cc1. The summed E-state index contributed by atoms with van der Waals surface area (Å²) >= 11 is 0. The molecular weight excluding hydrogens is 516 g/mol. The summed E-state index contributed by atoms with van der Waals surface area (Å²) in [5.41, 5.74) is 3.11. The van der Waals surface area contributed by atoms with Crippen molar-refractivity contribution in [2.75, 3.05) is 12.0 Å². The molecule has 0 aromatic heterocycles. The first-order valence-electron chi connectivity index (χ1n) is 12.1. The van der Waals surface area contributed by atoms with E-state index in [1.54, 1.807) is 66.6 Å². The summed E-state index contributed by atoms with van der Waals surface area (Å²) in [6.07, 6.45) is -1.17. The van der Waals surface area contributed by atoms with Gasteiger partial charge >= 0.3 is 0 Å². The number of nitrogens with zero attached hydrogens (tertiary/aromatic N) is 4. The molecule has 10 heteroatoms. The fourth-order valence-electron chi connectivity index (χ4n) is 4.45. The molecule has 9 nitrogen and oxygen atoms in total. The van der Waals surface area contributed by atoms with Crippen LogP contribution in [0.1, 0.15) is 28.4 Å². The fourth-order valence-corrected chi connectivity index (χ4v) is 5.80.